The molecule has 0 spiro atoms. The average Bonchev–Trinajstić information content (AvgIpc) is 2.51. The van der Waals surface area contributed by atoms with Gasteiger partial charge in [0.05, 0.1) is 5.71 Å². The molecule has 0 aliphatic carbocycles. The number of hydrazone groups is 1. The zero-order chi connectivity index (χ0) is 13.9. The largest absolute Gasteiger partial charge is 0.273 e. The van der Waals surface area contributed by atoms with Crippen LogP contribution < -0.4 is 5.43 Å². The maximum Gasteiger partial charge on any atom is 0.243 e. The molecule has 1 aromatic heterocycles. The Morgan fingerprint density at radius 1 is 1.10 bits per heavy atom. The Morgan fingerprint density at radius 2 is 1.85 bits per heavy atom. The van der Waals surface area contributed by atoms with Crippen LogP contribution in [0, 0.1) is 5.92 Å². The minimum absolute atomic E-state index is 0.0132. The molecule has 1 atom stereocenters. The summed E-state index contributed by atoms with van der Waals surface area (Å²) >= 11 is 0. The summed E-state index contributed by atoms with van der Waals surface area (Å²) in [5.74, 6) is -0.0405. The van der Waals surface area contributed by atoms with Gasteiger partial charge in [-0.2, -0.15) is 5.10 Å². The Hall–Kier alpha value is -2.49. The first-order chi connectivity index (χ1) is 9.74. The van der Waals surface area contributed by atoms with E-state index in [2.05, 4.69) is 27.6 Å². The fourth-order valence-corrected chi connectivity index (χ4v) is 2.23. The van der Waals surface area contributed by atoms with Gasteiger partial charge in [-0.05, 0) is 22.8 Å². The Labute approximate surface area is 117 Å². The summed E-state index contributed by atoms with van der Waals surface area (Å²) in [5, 5.41) is 4.14. The minimum Gasteiger partial charge on any atom is -0.273 e. The first-order valence-electron chi connectivity index (χ1n) is 6.61. The SMILES string of the molecule is CC1CC(c2ccc(-c3cccnc3)cc2)=NNC1=O. The second-order valence-electron chi connectivity index (χ2n) is 4.96. The van der Waals surface area contributed by atoms with Crippen molar-refractivity contribution in [1.29, 1.82) is 0 Å². The van der Waals surface area contributed by atoms with Gasteiger partial charge < -0.3 is 0 Å². The van der Waals surface area contributed by atoms with E-state index in [0.29, 0.717) is 6.42 Å². The highest BCUT2D eigenvalue weighted by molar-refractivity contribution is 6.04. The van der Waals surface area contributed by atoms with Crippen LogP contribution in [0.15, 0.2) is 53.9 Å². The van der Waals surface area contributed by atoms with Gasteiger partial charge in [0.1, 0.15) is 0 Å². The lowest BCUT2D eigenvalue weighted by Crippen LogP contribution is -2.33. The fourth-order valence-electron chi connectivity index (χ4n) is 2.23. The molecule has 1 amide bonds. The van der Waals surface area contributed by atoms with Gasteiger partial charge >= 0.3 is 0 Å². The zero-order valence-corrected chi connectivity index (χ0v) is 11.2. The number of carbonyl (C=O) groups excluding carboxylic acids is 1. The summed E-state index contributed by atoms with van der Waals surface area (Å²) in [4.78, 5) is 15.5. The van der Waals surface area contributed by atoms with E-state index in [9.17, 15) is 4.79 Å². The molecule has 1 N–H and O–H groups in total. The van der Waals surface area contributed by atoms with Gasteiger partial charge in [0.15, 0.2) is 0 Å². The van der Waals surface area contributed by atoms with E-state index in [1.807, 2.05) is 37.4 Å². The van der Waals surface area contributed by atoms with E-state index in [1.165, 1.54) is 0 Å². The molecule has 1 unspecified atom stereocenters. The molecule has 4 heteroatoms. The van der Waals surface area contributed by atoms with Crippen LogP contribution in [0.3, 0.4) is 0 Å². The summed E-state index contributed by atoms with van der Waals surface area (Å²) in [6, 6.07) is 12.1. The maximum absolute atomic E-state index is 11.4. The van der Waals surface area contributed by atoms with E-state index in [-0.39, 0.29) is 11.8 Å². The number of hydrogen-bond acceptors (Lipinski definition) is 3. The molecule has 3 rings (SSSR count). The first kappa shape index (κ1) is 12.5. The average molecular weight is 265 g/mol. The lowest BCUT2D eigenvalue weighted by Gasteiger charge is -2.18. The number of rotatable bonds is 2. The second kappa shape index (κ2) is 5.25. The highest BCUT2D eigenvalue weighted by atomic mass is 16.2. The molecular weight excluding hydrogens is 250 g/mol. The van der Waals surface area contributed by atoms with Crippen molar-refractivity contribution in [3.63, 3.8) is 0 Å². The quantitative estimate of drug-likeness (QED) is 0.907. The second-order valence-corrected chi connectivity index (χ2v) is 4.96. The summed E-state index contributed by atoms with van der Waals surface area (Å²) in [6.45, 7) is 1.91. The van der Waals surface area contributed by atoms with Crippen LogP contribution in [0.1, 0.15) is 18.9 Å². The van der Waals surface area contributed by atoms with Crippen LogP contribution in [-0.2, 0) is 4.79 Å². The molecule has 20 heavy (non-hydrogen) atoms. The molecule has 4 nitrogen and oxygen atoms in total. The molecule has 0 saturated heterocycles. The van der Waals surface area contributed by atoms with Crippen molar-refractivity contribution in [2.45, 2.75) is 13.3 Å². The van der Waals surface area contributed by atoms with Gasteiger partial charge in [-0.25, -0.2) is 5.43 Å². The van der Waals surface area contributed by atoms with Crippen molar-refractivity contribution in [3.05, 3.63) is 54.4 Å². The summed E-state index contributed by atoms with van der Waals surface area (Å²) < 4.78 is 0. The maximum atomic E-state index is 11.4. The topological polar surface area (TPSA) is 54.4 Å². The number of nitrogens with one attached hydrogen (secondary N) is 1. The number of pyridine rings is 1. The lowest BCUT2D eigenvalue weighted by atomic mass is 9.96. The molecule has 100 valence electrons. The van der Waals surface area contributed by atoms with E-state index < -0.39 is 0 Å². The molecule has 1 aliphatic heterocycles. The van der Waals surface area contributed by atoms with Crippen molar-refractivity contribution in [2.75, 3.05) is 0 Å². The van der Waals surface area contributed by atoms with Crippen LogP contribution in [0.25, 0.3) is 11.1 Å². The molecule has 0 radical (unpaired) electrons. The number of nitrogens with zero attached hydrogens (tertiary/aromatic N) is 2. The Morgan fingerprint density at radius 3 is 2.50 bits per heavy atom. The standard InChI is InChI=1S/C16H15N3O/c1-11-9-15(18-19-16(11)20)13-6-4-12(5-7-13)14-3-2-8-17-10-14/h2-8,10-11H,9H2,1H3,(H,19,20). The Balaban J connectivity index is 1.85. The van der Waals surface area contributed by atoms with Crippen molar-refractivity contribution < 1.29 is 4.79 Å². The van der Waals surface area contributed by atoms with E-state index >= 15 is 0 Å². The molecule has 0 saturated carbocycles. The van der Waals surface area contributed by atoms with E-state index in [4.69, 9.17) is 0 Å². The van der Waals surface area contributed by atoms with Crippen LogP contribution in [0.5, 0.6) is 0 Å². The third kappa shape index (κ3) is 2.45. The van der Waals surface area contributed by atoms with Crippen LogP contribution in [-0.4, -0.2) is 16.6 Å². The first-order valence-corrected chi connectivity index (χ1v) is 6.61. The molecule has 2 heterocycles. The third-order valence-corrected chi connectivity index (χ3v) is 3.46. The normalized spacial score (nSPS) is 18.4. The van der Waals surface area contributed by atoms with Gasteiger partial charge in [0.25, 0.3) is 0 Å². The summed E-state index contributed by atoms with van der Waals surface area (Å²) in [7, 11) is 0. The van der Waals surface area contributed by atoms with Gasteiger partial charge in [-0.1, -0.05) is 37.3 Å². The highest BCUT2D eigenvalue weighted by Gasteiger charge is 2.21. The molecule has 0 fully saturated rings. The predicted molar refractivity (Wildman–Crippen MR) is 78.1 cm³/mol. The van der Waals surface area contributed by atoms with Crippen LogP contribution in [0.2, 0.25) is 0 Å². The van der Waals surface area contributed by atoms with Crippen molar-refractivity contribution in [1.82, 2.24) is 10.4 Å². The predicted octanol–water partition coefficient (Wildman–Crippen LogP) is 2.61. The monoisotopic (exact) mass is 265 g/mol. The summed E-state index contributed by atoms with van der Waals surface area (Å²) in [6.07, 6.45) is 4.28. The van der Waals surface area contributed by atoms with Gasteiger partial charge in [0.2, 0.25) is 5.91 Å². The minimum atomic E-state index is -0.0273. The molecule has 1 aromatic carbocycles. The highest BCUT2D eigenvalue weighted by Crippen LogP contribution is 2.20. The number of aromatic nitrogens is 1. The zero-order valence-electron chi connectivity index (χ0n) is 11.2. The van der Waals surface area contributed by atoms with Crippen molar-refractivity contribution in [2.24, 2.45) is 11.0 Å². The summed E-state index contributed by atoms with van der Waals surface area (Å²) in [5.41, 5.74) is 6.75. The number of amides is 1. The van der Waals surface area contributed by atoms with Crippen molar-refractivity contribution >= 4 is 11.6 Å². The van der Waals surface area contributed by atoms with Crippen LogP contribution in [0.4, 0.5) is 0 Å². The number of hydrogen-bond donors (Lipinski definition) is 1. The Kier molecular flexibility index (Phi) is 3.29. The van der Waals surface area contributed by atoms with Gasteiger partial charge in [-0.3, -0.25) is 9.78 Å². The number of benzene rings is 1. The molecule has 0 bridgehead atoms. The van der Waals surface area contributed by atoms with Crippen LogP contribution >= 0.6 is 0 Å². The fraction of sp³-hybridized carbons (Fsp3) is 0.188. The molecule has 2 aromatic rings. The molecule has 1 aliphatic rings. The third-order valence-electron chi connectivity index (χ3n) is 3.46. The number of carbonyl (C=O) groups is 1. The van der Waals surface area contributed by atoms with Gasteiger partial charge in [0, 0.05) is 24.7 Å². The lowest BCUT2D eigenvalue weighted by molar-refractivity contribution is -0.124. The van der Waals surface area contributed by atoms with E-state index in [0.717, 1.165) is 22.4 Å². The smallest absolute Gasteiger partial charge is 0.243 e. The van der Waals surface area contributed by atoms with Crippen molar-refractivity contribution in [3.8, 4) is 11.1 Å². The Bertz CT molecular complexity index is 647. The van der Waals surface area contributed by atoms with Gasteiger partial charge in [-0.15, -0.1) is 0 Å². The molecular formula is C16H15N3O. The van der Waals surface area contributed by atoms with E-state index in [1.54, 1.807) is 6.20 Å².